The van der Waals surface area contributed by atoms with E-state index in [9.17, 15) is 9.90 Å². The second-order valence-electron chi connectivity index (χ2n) is 6.79. The Morgan fingerprint density at radius 2 is 2.00 bits per heavy atom. The van der Waals surface area contributed by atoms with Gasteiger partial charge in [0.25, 0.3) is 0 Å². The standard InChI is InChI=1S/C19H24O3S2/c1-4-9-19(2,3)10-14-12-24-17(16(14)18(20)21)15-8-6-5-7-13(15)11-22-23/h5-8,12,23H,4,9-11H2,1-3H3,(H,20,21). The second-order valence-corrected chi connectivity index (χ2v) is 7.93. The summed E-state index contributed by atoms with van der Waals surface area (Å²) >= 11 is 5.33. The largest absolute Gasteiger partial charge is 0.478 e. The average molecular weight is 365 g/mol. The van der Waals surface area contributed by atoms with E-state index in [-0.39, 0.29) is 5.41 Å². The molecule has 0 aliphatic carbocycles. The minimum atomic E-state index is -0.866. The molecule has 0 aliphatic rings. The first-order valence-electron chi connectivity index (χ1n) is 8.08. The Balaban J connectivity index is 2.48. The number of carboxylic acid groups (broad SMARTS) is 1. The van der Waals surface area contributed by atoms with Gasteiger partial charge >= 0.3 is 5.97 Å². The minimum Gasteiger partial charge on any atom is -0.478 e. The Bertz CT molecular complexity index is 704. The summed E-state index contributed by atoms with van der Waals surface area (Å²) in [5.74, 6) is -0.866. The highest BCUT2D eigenvalue weighted by molar-refractivity contribution is 7.75. The molecular weight excluding hydrogens is 340 g/mol. The van der Waals surface area contributed by atoms with Crippen molar-refractivity contribution in [3.8, 4) is 10.4 Å². The lowest BCUT2D eigenvalue weighted by Gasteiger charge is -2.24. The van der Waals surface area contributed by atoms with Crippen molar-refractivity contribution in [3.63, 3.8) is 0 Å². The van der Waals surface area contributed by atoms with Crippen molar-refractivity contribution in [3.05, 3.63) is 46.3 Å². The number of thiol groups is 1. The highest BCUT2D eigenvalue weighted by atomic mass is 32.1. The van der Waals surface area contributed by atoms with Gasteiger partial charge in [-0.3, -0.25) is 0 Å². The lowest BCUT2D eigenvalue weighted by molar-refractivity contribution is 0.0696. The molecular formula is C19H24O3S2. The van der Waals surface area contributed by atoms with Gasteiger partial charge < -0.3 is 9.29 Å². The zero-order chi connectivity index (χ0) is 17.7. The number of rotatable bonds is 8. The van der Waals surface area contributed by atoms with Gasteiger partial charge in [-0.2, -0.15) is 0 Å². The molecule has 0 saturated carbocycles. The van der Waals surface area contributed by atoms with Crippen LogP contribution in [0.15, 0.2) is 29.6 Å². The lowest BCUT2D eigenvalue weighted by atomic mass is 9.81. The topological polar surface area (TPSA) is 46.5 Å². The predicted octanol–water partition coefficient (Wildman–Crippen LogP) is 5.84. The van der Waals surface area contributed by atoms with Gasteiger partial charge in [-0.1, -0.05) is 51.5 Å². The Morgan fingerprint density at radius 3 is 2.62 bits per heavy atom. The zero-order valence-corrected chi connectivity index (χ0v) is 16.0. The molecule has 3 nitrogen and oxygen atoms in total. The Hall–Kier alpha value is -1.30. The van der Waals surface area contributed by atoms with E-state index in [0.717, 1.165) is 40.8 Å². The van der Waals surface area contributed by atoms with Crippen molar-refractivity contribution >= 4 is 30.2 Å². The number of carbonyl (C=O) groups is 1. The summed E-state index contributed by atoms with van der Waals surface area (Å²) < 4.78 is 4.96. The number of benzene rings is 1. The monoisotopic (exact) mass is 364 g/mol. The summed E-state index contributed by atoms with van der Waals surface area (Å²) in [5, 5.41) is 11.8. The molecule has 24 heavy (non-hydrogen) atoms. The first kappa shape index (κ1) is 19.0. The van der Waals surface area contributed by atoms with Crippen LogP contribution in [-0.4, -0.2) is 11.1 Å². The molecule has 2 aromatic rings. The van der Waals surface area contributed by atoms with Gasteiger partial charge in [-0.05, 0) is 53.2 Å². The maximum Gasteiger partial charge on any atom is 0.337 e. The summed E-state index contributed by atoms with van der Waals surface area (Å²) in [6.45, 7) is 6.89. The van der Waals surface area contributed by atoms with Crippen LogP contribution in [0.4, 0.5) is 0 Å². The normalized spacial score (nSPS) is 11.7. The molecule has 0 atom stereocenters. The summed E-state index contributed by atoms with van der Waals surface area (Å²) in [4.78, 5) is 12.7. The van der Waals surface area contributed by atoms with Gasteiger partial charge in [0.05, 0.1) is 12.2 Å². The molecule has 0 aliphatic heterocycles. The summed E-state index contributed by atoms with van der Waals surface area (Å²) in [6, 6.07) is 7.73. The Kier molecular flexibility index (Phi) is 6.49. The van der Waals surface area contributed by atoms with Crippen molar-refractivity contribution in [1.29, 1.82) is 0 Å². The molecule has 0 saturated heterocycles. The van der Waals surface area contributed by atoms with Crippen LogP contribution in [0, 0.1) is 5.41 Å². The summed E-state index contributed by atoms with van der Waals surface area (Å²) in [6.07, 6.45) is 2.93. The Morgan fingerprint density at radius 1 is 1.29 bits per heavy atom. The number of thiophene rings is 1. The third-order valence-corrected chi connectivity index (χ3v) is 5.35. The summed E-state index contributed by atoms with van der Waals surface area (Å²) in [7, 11) is 0. The van der Waals surface area contributed by atoms with Crippen LogP contribution in [-0.2, 0) is 17.2 Å². The fourth-order valence-corrected chi connectivity index (χ4v) is 4.44. The molecule has 5 heteroatoms. The van der Waals surface area contributed by atoms with E-state index in [0.29, 0.717) is 12.2 Å². The number of aromatic carboxylic acids is 1. The van der Waals surface area contributed by atoms with Crippen molar-refractivity contribution in [2.45, 2.75) is 46.6 Å². The third kappa shape index (κ3) is 4.41. The van der Waals surface area contributed by atoms with Gasteiger partial charge in [0.15, 0.2) is 0 Å². The van der Waals surface area contributed by atoms with Crippen LogP contribution < -0.4 is 0 Å². The molecule has 2 rings (SSSR count). The molecule has 0 spiro atoms. The molecule has 1 heterocycles. The van der Waals surface area contributed by atoms with E-state index in [1.54, 1.807) is 0 Å². The number of hydrogen-bond donors (Lipinski definition) is 2. The van der Waals surface area contributed by atoms with Gasteiger partial charge in [-0.15, -0.1) is 11.3 Å². The number of hydrogen-bond acceptors (Lipinski definition) is 4. The molecule has 0 radical (unpaired) electrons. The fraction of sp³-hybridized carbons (Fsp3) is 0.421. The van der Waals surface area contributed by atoms with Crippen LogP contribution >= 0.6 is 24.2 Å². The van der Waals surface area contributed by atoms with Crippen LogP contribution in [0.25, 0.3) is 10.4 Å². The predicted molar refractivity (Wildman–Crippen MR) is 103 cm³/mol. The molecule has 0 bridgehead atoms. The Labute approximate surface area is 153 Å². The minimum absolute atomic E-state index is 0.0883. The van der Waals surface area contributed by atoms with E-state index >= 15 is 0 Å². The fourth-order valence-electron chi connectivity index (χ4n) is 3.17. The van der Waals surface area contributed by atoms with Gasteiger partial charge in [0, 0.05) is 4.88 Å². The van der Waals surface area contributed by atoms with Gasteiger partial charge in [0.1, 0.15) is 0 Å². The second kappa shape index (κ2) is 8.19. The highest BCUT2D eigenvalue weighted by Crippen LogP contribution is 2.38. The first-order valence-corrected chi connectivity index (χ1v) is 9.32. The lowest BCUT2D eigenvalue weighted by Crippen LogP contribution is -2.16. The SMILES string of the molecule is CCCC(C)(C)Cc1csc(-c2ccccc2COS)c1C(=O)O. The molecule has 0 amide bonds. The average Bonchev–Trinajstić information content (AvgIpc) is 2.90. The quantitative estimate of drug-likeness (QED) is 0.457. The van der Waals surface area contributed by atoms with Gasteiger partial charge in [-0.25, -0.2) is 4.79 Å². The third-order valence-electron chi connectivity index (χ3n) is 4.16. The molecule has 0 fully saturated rings. The van der Waals surface area contributed by atoms with E-state index < -0.39 is 5.97 Å². The first-order chi connectivity index (χ1) is 11.4. The maximum atomic E-state index is 12.0. The molecule has 0 unspecified atom stereocenters. The smallest absolute Gasteiger partial charge is 0.337 e. The van der Waals surface area contributed by atoms with Gasteiger partial charge in [0.2, 0.25) is 0 Å². The van der Waals surface area contributed by atoms with Crippen LogP contribution in [0.2, 0.25) is 0 Å². The van der Waals surface area contributed by atoms with E-state index in [1.165, 1.54) is 11.3 Å². The summed E-state index contributed by atoms with van der Waals surface area (Å²) in [5.41, 5.74) is 3.29. The van der Waals surface area contributed by atoms with Crippen molar-refractivity contribution in [2.24, 2.45) is 5.41 Å². The number of carboxylic acids is 1. The molecule has 1 aromatic carbocycles. The van der Waals surface area contributed by atoms with Crippen molar-refractivity contribution in [1.82, 2.24) is 0 Å². The zero-order valence-electron chi connectivity index (χ0n) is 14.3. The van der Waals surface area contributed by atoms with E-state index in [1.807, 2.05) is 29.6 Å². The molecule has 1 aromatic heterocycles. The molecule has 130 valence electrons. The maximum absolute atomic E-state index is 12.0. The molecule has 1 N–H and O–H groups in total. The van der Waals surface area contributed by atoms with Crippen LogP contribution in [0.3, 0.4) is 0 Å². The highest BCUT2D eigenvalue weighted by Gasteiger charge is 2.26. The van der Waals surface area contributed by atoms with Crippen molar-refractivity contribution < 1.29 is 14.1 Å². The van der Waals surface area contributed by atoms with E-state index in [2.05, 4.69) is 33.7 Å². The van der Waals surface area contributed by atoms with E-state index in [4.69, 9.17) is 4.18 Å². The van der Waals surface area contributed by atoms with Crippen LogP contribution in [0.5, 0.6) is 0 Å². The van der Waals surface area contributed by atoms with Crippen LogP contribution in [0.1, 0.15) is 55.1 Å². The van der Waals surface area contributed by atoms with Crippen molar-refractivity contribution in [2.75, 3.05) is 0 Å².